The minimum atomic E-state index is -0.799. The summed E-state index contributed by atoms with van der Waals surface area (Å²) in [6, 6.07) is 14.0. The highest BCUT2D eigenvalue weighted by molar-refractivity contribution is 6.32. The van der Waals surface area contributed by atoms with Crippen LogP contribution in [0.15, 0.2) is 48.5 Å². The van der Waals surface area contributed by atoms with Crippen molar-refractivity contribution < 1.29 is 23.9 Å². The fourth-order valence-electron chi connectivity index (χ4n) is 5.51. The molecule has 6 atom stereocenters. The molecule has 4 amide bonds. The molecule has 2 aromatic carbocycles. The van der Waals surface area contributed by atoms with Crippen LogP contribution in [0.5, 0.6) is 5.75 Å². The van der Waals surface area contributed by atoms with Gasteiger partial charge in [0, 0.05) is 12.2 Å². The number of imide groups is 2. The van der Waals surface area contributed by atoms with Crippen molar-refractivity contribution >= 4 is 40.7 Å². The van der Waals surface area contributed by atoms with Crippen molar-refractivity contribution in [1.29, 1.82) is 0 Å². The average molecular weight is 518 g/mol. The van der Waals surface area contributed by atoms with Crippen molar-refractivity contribution in [2.24, 2.45) is 35.5 Å². The number of carbonyl (C=O) groups is 4. The quantitative estimate of drug-likeness (QED) is 0.467. The second kappa shape index (κ2) is 10.2. The molecule has 5 rings (SSSR count). The van der Waals surface area contributed by atoms with Gasteiger partial charge < -0.3 is 10.1 Å². The third-order valence-corrected chi connectivity index (χ3v) is 8.37. The molecule has 0 bridgehead atoms. The molecule has 8 heteroatoms. The van der Waals surface area contributed by atoms with E-state index in [1.807, 2.05) is 12.1 Å². The molecule has 6 unspecified atom stereocenters. The van der Waals surface area contributed by atoms with E-state index in [1.54, 1.807) is 36.4 Å². The van der Waals surface area contributed by atoms with Crippen molar-refractivity contribution in [3.63, 3.8) is 0 Å². The Morgan fingerprint density at radius 1 is 0.684 bits per heavy atom. The van der Waals surface area contributed by atoms with Crippen molar-refractivity contribution in [3.8, 4) is 5.75 Å². The van der Waals surface area contributed by atoms with E-state index in [0.717, 1.165) is 34.9 Å². The topological polar surface area (TPSA) is 96.0 Å². The van der Waals surface area contributed by atoms with Crippen LogP contribution in [0.25, 0.3) is 0 Å². The van der Waals surface area contributed by atoms with Crippen molar-refractivity contribution in [2.75, 3.05) is 28.3 Å². The van der Waals surface area contributed by atoms with Crippen molar-refractivity contribution in [1.82, 2.24) is 0 Å². The van der Waals surface area contributed by atoms with E-state index >= 15 is 0 Å². The number of amides is 4. The zero-order chi connectivity index (χ0) is 27.1. The Labute approximate surface area is 223 Å². The van der Waals surface area contributed by atoms with Gasteiger partial charge in [0.25, 0.3) is 0 Å². The maximum absolute atomic E-state index is 13.3. The van der Waals surface area contributed by atoms with Gasteiger partial charge in [-0.2, -0.15) is 0 Å². The van der Waals surface area contributed by atoms with E-state index < -0.39 is 47.3 Å². The van der Waals surface area contributed by atoms with E-state index in [9.17, 15) is 19.2 Å². The molecule has 38 heavy (non-hydrogen) atoms. The number of carbonyl (C=O) groups excluding carboxylic acids is 4. The number of nitrogens with one attached hydrogen (secondary N) is 1. The first-order valence-corrected chi connectivity index (χ1v) is 13.6. The molecule has 2 heterocycles. The van der Waals surface area contributed by atoms with Crippen LogP contribution in [0.3, 0.4) is 0 Å². The Balaban J connectivity index is 1.29. The fraction of sp³-hybridized carbons (Fsp3) is 0.467. The number of fused-ring (bicyclic) bond motifs is 4. The van der Waals surface area contributed by atoms with Gasteiger partial charge in [0.05, 0.1) is 41.7 Å². The Morgan fingerprint density at radius 3 is 1.53 bits per heavy atom. The summed E-state index contributed by atoms with van der Waals surface area (Å²) < 4.78 is 5.78. The van der Waals surface area contributed by atoms with Crippen LogP contribution < -0.4 is 19.9 Å². The van der Waals surface area contributed by atoms with Crippen LogP contribution >= 0.6 is 0 Å². The molecular weight excluding hydrogens is 482 g/mol. The predicted molar refractivity (Wildman–Crippen MR) is 145 cm³/mol. The largest absolute Gasteiger partial charge is 0.493 e. The molecule has 3 fully saturated rings. The van der Waals surface area contributed by atoms with Gasteiger partial charge in [-0.3, -0.25) is 29.0 Å². The summed E-state index contributed by atoms with van der Waals surface area (Å²) in [5.74, 6) is -3.22. The molecule has 1 aliphatic carbocycles. The first-order valence-electron chi connectivity index (χ1n) is 13.6. The summed E-state index contributed by atoms with van der Waals surface area (Å²) in [4.78, 5) is 55.6. The first kappa shape index (κ1) is 25.9. The van der Waals surface area contributed by atoms with E-state index in [1.165, 1.54) is 0 Å². The SMILES string of the molecule is CCC(C)CNc1ccc(N2C(=O)C3C(C2=O)C2C(=O)N(c4ccc(OCC(C)CC)cc4)C(=O)C32)cc1. The third-order valence-electron chi connectivity index (χ3n) is 8.37. The molecule has 2 aliphatic heterocycles. The smallest absolute Gasteiger partial charge is 0.238 e. The van der Waals surface area contributed by atoms with Gasteiger partial charge in [-0.25, -0.2) is 0 Å². The summed E-state index contributed by atoms with van der Waals surface area (Å²) >= 11 is 0. The average Bonchev–Trinajstić information content (AvgIpc) is 3.24. The van der Waals surface area contributed by atoms with Crippen LogP contribution in [-0.4, -0.2) is 36.8 Å². The molecule has 0 radical (unpaired) electrons. The molecular formula is C30H35N3O5. The Hall–Kier alpha value is -3.68. The molecule has 2 aromatic rings. The van der Waals surface area contributed by atoms with Gasteiger partial charge in [0.1, 0.15) is 5.75 Å². The van der Waals surface area contributed by atoms with Crippen molar-refractivity contribution in [2.45, 2.75) is 40.5 Å². The lowest BCUT2D eigenvalue weighted by Gasteiger charge is -2.36. The normalized spacial score (nSPS) is 25.7. The second-order valence-corrected chi connectivity index (χ2v) is 10.9. The first-order chi connectivity index (χ1) is 18.3. The van der Waals surface area contributed by atoms with Crippen LogP contribution in [-0.2, 0) is 19.2 Å². The summed E-state index contributed by atoms with van der Waals surface area (Å²) in [6.45, 7) is 9.93. The number of rotatable bonds is 10. The number of nitrogens with zero attached hydrogens (tertiary/aromatic N) is 2. The lowest BCUT2D eigenvalue weighted by molar-refractivity contribution is -0.146. The standard InChI is InChI=1S/C30H35N3O5/c1-5-17(3)15-31-19-7-9-20(10-8-19)32-27(34)23-24(28(32)35)26-25(23)29(36)33(30(26)37)21-11-13-22(14-12-21)38-16-18(4)6-2/h7-14,17-18,23-26,31H,5-6,15-16H2,1-4H3. The molecule has 1 N–H and O–H groups in total. The number of anilines is 3. The summed E-state index contributed by atoms with van der Waals surface area (Å²) in [6.07, 6.45) is 2.08. The van der Waals surface area contributed by atoms with Crippen LogP contribution in [0.1, 0.15) is 40.5 Å². The van der Waals surface area contributed by atoms with E-state index in [-0.39, 0.29) is 0 Å². The lowest BCUT2D eigenvalue weighted by Crippen LogP contribution is -2.50. The van der Waals surface area contributed by atoms with E-state index in [2.05, 4.69) is 33.0 Å². The van der Waals surface area contributed by atoms with Gasteiger partial charge in [0.2, 0.25) is 23.6 Å². The third kappa shape index (κ3) is 4.25. The number of hydrogen-bond acceptors (Lipinski definition) is 6. The van der Waals surface area contributed by atoms with Gasteiger partial charge in [-0.05, 0) is 60.4 Å². The minimum Gasteiger partial charge on any atom is -0.493 e. The zero-order valence-electron chi connectivity index (χ0n) is 22.3. The number of benzene rings is 2. The molecule has 0 spiro atoms. The second-order valence-electron chi connectivity index (χ2n) is 10.9. The Kier molecular flexibility index (Phi) is 6.99. The Bertz CT molecular complexity index is 1100. The van der Waals surface area contributed by atoms with Crippen LogP contribution in [0.2, 0.25) is 0 Å². The molecule has 3 aliphatic rings. The fourth-order valence-corrected chi connectivity index (χ4v) is 5.51. The van der Waals surface area contributed by atoms with Crippen LogP contribution in [0, 0.1) is 35.5 Å². The van der Waals surface area contributed by atoms with E-state index in [0.29, 0.717) is 35.6 Å². The highest BCUT2D eigenvalue weighted by Gasteiger charge is 2.73. The van der Waals surface area contributed by atoms with E-state index in [4.69, 9.17) is 4.74 Å². The predicted octanol–water partition coefficient (Wildman–Crippen LogP) is 4.49. The van der Waals surface area contributed by atoms with Crippen LogP contribution in [0.4, 0.5) is 17.1 Å². The monoisotopic (exact) mass is 517 g/mol. The summed E-state index contributed by atoms with van der Waals surface area (Å²) in [5.41, 5.74) is 1.80. The van der Waals surface area contributed by atoms with Gasteiger partial charge >= 0.3 is 0 Å². The maximum atomic E-state index is 13.3. The number of ether oxygens (including phenoxy) is 1. The molecule has 0 aromatic heterocycles. The molecule has 1 saturated carbocycles. The summed E-state index contributed by atoms with van der Waals surface area (Å²) in [5, 5.41) is 3.36. The lowest BCUT2D eigenvalue weighted by atomic mass is 9.59. The highest BCUT2D eigenvalue weighted by atomic mass is 16.5. The molecule has 8 nitrogen and oxygen atoms in total. The van der Waals surface area contributed by atoms with Gasteiger partial charge in [0.15, 0.2) is 0 Å². The van der Waals surface area contributed by atoms with Gasteiger partial charge in [-0.1, -0.05) is 40.5 Å². The zero-order valence-corrected chi connectivity index (χ0v) is 22.3. The number of hydrogen-bond donors (Lipinski definition) is 1. The van der Waals surface area contributed by atoms with Crippen molar-refractivity contribution in [3.05, 3.63) is 48.5 Å². The Morgan fingerprint density at radius 2 is 1.11 bits per heavy atom. The minimum absolute atomic E-state index is 0.404. The highest BCUT2D eigenvalue weighted by Crippen LogP contribution is 2.57. The molecule has 2 saturated heterocycles. The maximum Gasteiger partial charge on any atom is 0.238 e. The molecule has 200 valence electrons. The van der Waals surface area contributed by atoms with Gasteiger partial charge in [-0.15, -0.1) is 0 Å². The summed E-state index contributed by atoms with van der Waals surface area (Å²) in [7, 11) is 0.